The first kappa shape index (κ1) is 10.6. The third kappa shape index (κ3) is 2.57. The Morgan fingerprint density at radius 3 is 2.67 bits per heavy atom. The predicted octanol–water partition coefficient (Wildman–Crippen LogP) is 4.19. The van der Waals surface area contributed by atoms with E-state index < -0.39 is 0 Å². The van der Waals surface area contributed by atoms with Crippen LogP contribution in [0.1, 0.15) is 31.3 Å². The molecule has 0 fully saturated rings. The first-order valence-electron chi connectivity index (χ1n) is 5.30. The molecule has 0 unspecified atom stereocenters. The molecule has 1 aromatic carbocycles. The number of benzene rings is 1. The van der Waals surface area contributed by atoms with E-state index in [1.165, 1.54) is 10.3 Å². The maximum Gasteiger partial charge on any atom is 0.0907 e. The van der Waals surface area contributed by atoms with Crippen LogP contribution in [0.2, 0.25) is 0 Å². The number of nitrogens with zero attached hydrogens (tertiary/aromatic N) is 1. The fourth-order valence-corrected chi connectivity index (χ4v) is 2.70. The van der Waals surface area contributed by atoms with Crippen LogP contribution in [0.3, 0.4) is 0 Å². The summed E-state index contributed by atoms with van der Waals surface area (Å²) < 4.78 is 1.31. The number of fused-ring (bicyclic) bond motifs is 1. The number of aromatic nitrogens is 1. The van der Waals surface area contributed by atoms with Crippen molar-refractivity contribution in [2.24, 2.45) is 5.41 Å². The third-order valence-electron chi connectivity index (χ3n) is 2.29. The first-order chi connectivity index (χ1) is 6.94. The van der Waals surface area contributed by atoms with Crippen LogP contribution in [0, 0.1) is 12.3 Å². The summed E-state index contributed by atoms with van der Waals surface area (Å²) in [4.78, 5) is 4.47. The summed E-state index contributed by atoms with van der Waals surface area (Å²) in [6, 6.07) is 6.62. The van der Waals surface area contributed by atoms with E-state index in [1.807, 2.05) is 0 Å². The van der Waals surface area contributed by atoms with E-state index in [0.29, 0.717) is 5.41 Å². The minimum absolute atomic E-state index is 0.355. The van der Waals surface area contributed by atoms with Gasteiger partial charge in [-0.25, -0.2) is 4.98 Å². The van der Waals surface area contributed by atoms with Crippen LogP contribution in [0.5, 0.6) is 0 Å². The molecule has 80 valence electrons. The number of hydrogen-bond acceptors (Lipinski definition) is 2. The van der Waals surface area contributed by atoms with Crippen molar-refractivity contribution < 1.29 is 0 Å². The van der Waals surface area contributed by atoms with Gasteiger partial charge in [0, 0.05) is 0 Å². The third-order valence-corrected chi connectivity index (χ3v) is 3.23. The van der Waals surface area contributed by atoms with Crippen molar-refractivity contribution in [3.8, 4) is 0 Å². The quantitative estimate of drug-likeness (QED) is 0.700. The SMILES string of the molecule is Cc1nc2ccc(CC(C)(C)C)cc2s1. The fourth-order valence-electron chi connectivity index (χ4n) is 1.81. The van der Waals surface area contributed by atoms with Gasteiger partial charge >= 0.3 is 0 Å². The molecule has 1 aromatic heterocycles. The van der Waals surface area contributed by atoms with E-state index in [1.54, 1.807) is 11.3 Å². The van der Waals surface area contributed by atoms with E-state index in [0.717, 1.165) is 16.9 Å². The lowest BCUT2D eigenvalue weighted by molar-refractivity contribution is 0.411. The molecule has 0 saturated heterocycles. The van der Waals surface area contributed by atoms with Crippen molar-refractivity contribution in [1.82, 2.24) is 4.98 Å². The highest BCUT2D eigenvalue weighted by molar-refractivity contribution is 7.18. The van der Waals surface area contributed by atoms with E-state index in [9.17, 15) is 0 Å². The summed E-state index contributed by atoms with van der Waals surface area (Å²) in [5.41, 5.74) is 2.90. The zero-order chi connectivity index (χ0) is 11.1. The minimum atomic E-state index is 0.355. The Labute approximate surface area is 95.2 Å². The van der Waals surface area contributed by atoms with Crippen LogP contribution in [-0.4, -0.2) is 4.98 Å². The smallest absolute Gasteiger partial charge is 0.0907 e. The van der Waals surface area contributed by atoms with Crippen molar-refractivity contribution in [3.05, 3.63) is 28.8 Å². The molecule has 0 aliphatic carbocycles. The van der Waals surface area contributed by atoms with Crippen molar-refractivity contribution in [2.75, 3.05) is 0 Å². The summed E-state index contributed by atoms with van der Waals surface area (Å²) >= 11 is 1.78. The van der Waals surface area contributed by atoms with Crippen LogP contribution in [0.15, 0.2) is 18.2 Å². The number of rotatable bonds is 1. The van der Waals surface area contributed by atoms with Gasteiger partial charge in [0.25, 0.3) is 0 Å². The Balaban J connectivity index is 2.38. The van der Waals surface area contributed by atoms with Gasteiger partial charge in [-0.15, -0.1) is 11.3 Å². The predicted molar refractivity (Wildman–Crippen MR) is 67.5 cm³/mol. The Morgan fingerprint density at radius 2 is 2.00 bits per heavy atom. The molecule has 0 saturated carbocycles. The molecule has 2 rings (SSSR count). The summed E-state index contributed by atoms with van der Waals surface area (Å²) in [5, 5.41) is 1.15. The highest BCUT2D eigenvalue weighted by atomic mass is 32.1. The molecular weight excluding hydrogens is 202 g/mol. The molecule has 0 N–H and O–H groups in total. The van der Waals surface area contributed by atoms with Gasteiger partial charge in [-0.2, -0.15) is 0 Å². The van der Waals surface area contributed by atoms with Gasteiger partial charge in [-0.1, -0.05) is 26.8 Å². The van der Waals surface area contributed by atoms with Gasteiger partial charge in [-0.3, -0.25) is 0 Å². The molecule has 0 radical (unpaired) electrons. The summed E-state index contributed by atoms with van der Waals surface area (Å²) in [6.45, 7) is 8.88. The lowest BCUT2D eigenvalue weighted by atomic mass is 9.88. The standard InChI is InChI=1S/C13H17NS/c1-9-14-11-6-5-10(7-12(11)15-9)8-13(2,3)4/h5-7H,8H2,1-4H3. The lowest BCUT2D eigenvalue weighted by Gasteiger charge is -2.17. The van der Waals surface area contributed by atoms with E-state index >= 15 is 0 Å². The van der Waals surface area contributed by atoms with Crippen molar-refractivity contribution in [1.29, 1.82) is 0 Å². The second-order valence-electron chi connectivity index (χ2n) is 5.27. The second kappa shape index (κ2) is 3.60. The average molecular weight is 219 g/mol. The van der Waals surface area contributed by atoms with Gasteiger partial charge in [0.1, 0.15) is 0 Å². The molecule has 1 heterocycles. The molecule has 15 heavy (non-hydrogen) atoms. The van der Waals surface area contributed by atoms with Crippen molar-refractivity contribution >= 4 is 21.6 Å². The topological polar surface area (TPSA) is 12.9 Å². The Morgan fingerprint density at radius 1 is 1.27 bits per heavy atom. The van der Waals surface area contributed by atoms with Crippen LogP contribution in [0.25, 0.3) is 10.2 Å². The van der Waals surface area contributed by atoms with E-state index in [4.69, 9.17) is 0 Å². The van der Waals surface area contributed by atoms with Crippen LogP contribution >= 0.6 is 11.3 Å². The monoisotopic (exact) mass is 219 g/mol. The zero-order valence-corrected chi connectivity index (χ0v) is 10.6. The average Bonchev–Trinajstić information content (AvgIpc) is 2.40. The highest BCUT2D eigenvalue weighted by Gasteiger charge is 2.12. The maximum atomic E-state index is 4.47. The Hall–Kier alpha value is -0.890. The van der Waals surface area contributed by atoms with Crippen molar-refractivity contribution in [2.45, 2.75) is 34.1 Å². The zero-order valence-electron chi connectivity index (χ0n) is 9.79. The Kier molecular flexibility index (Phi) is 2.55. The number of aryl methyl sites for hydroxylation is 1. The van der Waals surface area contributed by atoms with Gasteiger partial charge < -0.3 is 0 Å². The second-order valence-corrected chi connectivity index (χ2v) is 6.51. The first-order valence-corrected chi connectivity index (χ1v) is 6.12. The molecule has 0 spiro atoms. The normalized spacial score (nSPS) is 12.3. The van der Waals surface area contributed by atoms with Gasteiger partial charge in [0.2, 0.25) is 0 Å². The fraction of sp³-hybridized carbons (Fsp3) is 0.462. The maximum absolute atomic E-state index is 4.47. The highest BCUT2D eigenvalue weighted by Crippen LogP contribution is 2.26. The molecule has 0 bridgehead atoms. The molecule has 0 amide bonds. The van der Waals surface area contributed by atoms with E-state index in [-0.39, 0.29) is 0 Å². The summed E-state index contributed by atoms with van der Waals surface area (Å²) in [5.74, 6) is 0. The number of thiazole rings is 1. The molecule has 2 aromatic rings. The molecule has 0 aliphatic heterocycles. The lowest BCUT2D eigenvalue weighted by Crippen LogP contribution is -2.08. The van der Waals surface area contributed by atoms with Gasteiger partial charge in [0.15, 0.2) is 0 Å². The Bertz CT molecular complexity index is 477. The van der Waals surface area contributed by atoms with E-state index in [2.05, 4.69) is 50.9 Å². The van der Waals surface area contributed by atoms with Gasteiger partial charge in [0.05, 0.1) is 15.2 Å². The summed E-state index contributed by atoms with van der Waals surface area (Å²) in [6.07, 6.45) is 1.12. The molecule has 2 heteroatoms. The molecule has 1 nitrogen and oxygen atoms in total. The van der Waals surface area contributed by atoms with Crippen LogP contribution < -0.4 is 0 Å². The molecule has 0 aliphatic rings. The van der Waals surface area contributed by atoms with Crippen molar-refractivity contribution in [3.63, 3.8) is 0 Å². The van der Waals surface area contributed by atoms with Crippen LogP contribution in [0.4, 0.5) is 0 Å². The molecule has 0 atom stereocenters. The minimum Gasteiger partial charge on any atom is -0.242 e. The van der Waals surface area contributed by atoms with Gasteiger partial charge in [-0.05, 0) is 36.5 Å². The largest absolute Gasteiger partial charge is 0.242 e. The molecular formula is C13H17NS. The van der Waals surface area contributed by atoms with Crippen LogP contribution in [-0.2, 0) is 6.42 Å². The summed E-state index contributed by atoms with van der Waals surface area (Å²) in [7, 11) is 0. The number of hydrogen-bond donors (Lipinski definition) is 0.